The van der Waals surface area contributed by atoms with E-state index < -0.39 is 81.3 Å². The number of aromatic nitrogens is 3. The Morgan fingerprint density at radius 2 is 1.58 bits per heavy atom. The van der Waals surface area contributed by atoms with Crippen molar-refractivity contribution in [2.24, 2.45) is 10.2 Å². The lowest BCUT2D eigenvalue weighted by Gasteiger charge is -2.14. The van der Waals surface area contributed by atoms with Crippen LogP contribution in [0.3, 0.4) is 0 Å². The Labute approximate surface area is 210 Å². The average molecular weight is 516 g/mol. The number of carboxylic acids is 3. The summed E-state index contributed by atoms with van der Waals surface area (Å²) >= 11 is 0. The van der Waals surface area contributed by atoms with Crippen molar-refractivity contribution in [1.29, 1.82) is 15.8 Å². The predicted octanol–water partition coefficient (Wildman–Crippen LogP) is 1.56. The topological polar surface area (TPSA) is 268 Å². The van der Waals surface area contributed by atoms with Gasteiger partial charge in [-0.15, -0.1) is 10.2 Å². The SMILES string of the molecule is Cc1c(N=Nc2nc(C#N)c(C#N)n2CC(=O)O)c(O)n(-c2cc(C(=O)O)cc(C(=O)O)c2)c(=O)c1C#N. The highest BCUT2D eigenvalue weighted by atomic mass is 16.4. The molecule has 2 heterocycles. The highest BCUT2D eigenvalue weighted by molar-refractivity contribution is 5.95. The molecule has 2 aromatic heterocycles. The molecule has 0 spiro atoms. The van der Waals surface area contributed by atoms with Crippen molar-refractivity contribution in [3.63, 3.8) is 0 Å². The second-order valence-electron chi connectivity index (χ2n) is 7.32. The van der Waals surface area contributed by atoms with E-state index in [1.807, 2.05) is 0 Å². The summed E-state index contributed by atoms with van der Waals surface area (Å²) in [5, 5.41) is 74.2. The van der Waals surface area contributed by atoms with Gasteiger partial charge in [0.25, 0.3) is 11.5 Å². The van der Waals surface area contributed by atoms with Gasteiger partial charge >= 0.3 is 17.9 Å². The van der Waals surface area contributed by atoms with E-state index in [4.69, 9.17) is 5.11 Å². The summed E-state index contributed by atoms with van der Waals surface area (Å²) in [7, 11) is 0. The number of azo groups is 1. The lowest BCUT2D eigenvalue weighted by Crippen LogP contribution is -2.23. The fourth-order valence-corrected chi connectivity index (χ4v) is 3.33. The van der Waals surface area contributed by atoms with Crippen LogP contribution in [0, 0.1) is 40.9 Å². The van der Waals surface area contributed by atoms with Crippen LogP contribution in [0.2, 0.25) is 0 Å². The molecule has 4 N–H and O–H groups in total. The molecule has 0 aliphatic heterocycles. The van der Waals surface area contributed by atoms with E-state index in [1.54, 1.807) is 18.2 Å². The summed E-state index contributed by atoms with van der Waals surface area (Å²) in [6.45, 7) is 0.389. The van der Waals surface area contributed by atoms with Crippen LogP contribution >= 0.6 is 0 Å². The zero-order valence-electron chi connectivity index (χ0n) is 18.9. The van der Waals surface area contributed by atoms with E-state index >= 15 is 0 Å². The normalized spacial score (nSPS) is 10.5. The number of pyridine rings is 1. The Bertz CT molecular complexity index is 1730. The number of benzene rings is 1. The second-order valence-corrected chi connectivity index (χ2v) is 7.32. The molecule has 0 atom stereocenters. The standard InChI is InChI=1S/C22H12N8O8/c1-9-13(5-23)18(33)30(12-3-10(20(35)36)2-11(4-12)21(37)38)19(34)17(9)27-28-22-26-14(6-24)15(7-25)29(22)8-16(31)32/h2-4,34H,8H2,1H3,(H,31,32)(H,35,36)(H,37,38). The predicted molar refractivity (Wildman–Crippen MR) is 121 cm³/mol. The third-order valence-corrected chi connectivity index (χ3v) is 5.04. The van der Waals surface area contributed by atoms with E-state index in [0.29, 0.717) is 4.57 Å². The molecule has 3 aromatic rings. The first-order valence-corrected chi connectivity index (χ1v) is 10.00. The molecule has 16 nitrogen and oxygen atoms in total. The molecule has 0 unspecified atom stereocenters. The summed E-state index contributed by atoms with van der Waals surface area (Å²) in [6, 6.07) is 7.43. The van der Waals surface area contributed by atoms with E-state index in [0.717, 1.165) is 22.8 Å². The first-order valence-electron chi connectivity index (χ1n) is 10.00. The Kier molecular flexibility index (Phi) is 6.99. The molecule has 3 rings (SSSR count). The maximum absolute atomic E-state index is 13.0. The molecule has 16 heteroatoms. The number of nitriles is 3. The number of carboxylic acid groups (broad SMARTS) is 3. The molecule has 0 fully saturated rings. The molecular weight excluding hydrogens is 504 g/mol. The first kappa shape index (κ1) is 26.3. The maximum Gasteiger partial charge on any atom is 0.335 e. The molecule has 0 aliphatic carbocycles. The van der Waals surface area contributed by atoms with Gasteiger partial charge < -0.3 is 20.4 Å². The molecule has 0 aliphatic rings. The lowest BCUT2D eigenvalue weighted by atomic mass is 10.1. The molecular formula is C22H12N8O8. The minimum atomic E-state index is -1.54. The number of imidazole rings is 1. The van der Waals surface area contributed by atoms with E-state index in [2.05, 4.69) is 15.2 Å². The van der Waals surface area contributed by atoms with Crippen LogP contribution in [0.5, 0.6) is 5.88 Å². The molecule has 0 bridgehead atoms. The van der Waals surface area contributed by atoms with Crippen molar-refractivity contribution in [3.05, 3.63) is 62.2 Å². The van der Waals surface area contributed by atoms with E-state index in [1.165, 1.54) is 6.92 Å². The summed E-state index contributed by atoms with van der Waals surface area (Å²) in [6.07, 6.45) is 0. The largest absolute Gasteiger partial charge is 0.493 e. The van der Waals surface area contributed by atoms with Crippen molar-refractivity contribution in [1.82, 2.24) is 14.1 Å². The van der Waals surface area contributed by atoms with E-state index in [9.17, 15) is 50.3 Å². The maximum atomic E-state index is 13.0. The molecule has 0 saturated heterocycles. The van der Waals surface area contributed by atoms with Crippen LogP contribution in [0.25, 0.3) is 5.69 Å². The number of nitrogens with zero attached hydrogens (tertiary/aromatic N) is 8. The second kappa shape index (κ2) is 10.1. The fraction of sp³-hybridized carbons (Fsp3) is 0.0909. The third kappa shape index (κ3) is 4.61. The molecule has 0 radical (unpaired) electrons. The van der Waals surface area contributed by atoms with Gasteiger partial charge in [0, 0.05) is 5.56 Å². The van der Waals surface area contributed by atoms with Crippen LogP contribution in [0.4, 0.5) is 11.6 Å². The zero-order valence-corrected chi connectivity index (χ0v) is 18.9. The van der Waals surface area contributed by atoms with Gasteiger partial charge in [-0.05, 0) is 25.1 Å². The molecule has 0 saturated carbocycles. The van der Waals surface area contributed by atoms with Crippen molar-refractivity contribution in [2.45, 2.75) is 13.5 Å². The van der Waals surface area contributed by atoms with Crippen LogP contribution < -0.4 is 5.56 Å². The van der Waals surface area contributed by atoms with E-state index in [-0.39, 0.29) is 5.56 Å². The molecule has 188 valence electrons. The number of aliphatic carboxylic acids is 1. The van der Waals surface area contributed by atoms with Gasteiger partial charge in [0.15, 0.2) is 17.1 Å². The molecule has 1 aromatic carbocycles. The van der Waals surface area contributed by atoms with Gasteiger partial charge in [0.05, 0.1) is 16.8 Å². The molecule has 38 heavy (non-hydrogen) atoms. The number of carbonyl (C=O) groups is 3. The van der Waals surface area contributed by atoms with Gasteiger partial charge in [-0.25, -0.2) is 14.2 Å². The number of aromatic hydroxyl groups is 1. The van der Waals surface area contributed by atoms with Crippen LogP contribution in [-0.2, 0) is 11.3 Å². The minimum absolute atomic E-state index is 0.194. The zero-order chi connectivity index (χ0) is 28.3. The summed E-state index contributed by atoms with van der Waals surface area (Å²) < 4.78 is 1.21. The Morgan fingerprint density at radius 3 is 2.05 bits per heavy atom. The fourth-order valence-electron chi connectivity index (χ4n) is 3.33. The summed E-state index contributed by atoms with van der Waals surface area (Å²) in [5.41, 5.74) is -4.83. The number of aromatic carboxylic acids is 2. The van der Waals surface area contributed by atoms with Gasteiger partial charge in [-0.3, -0.25) is 14.2 Å². The van der Waals surface area contributed by atoms with Gasteiger partial charge in [0.2, 0.25) is 5.88 Å². The smallest absolute Gasteiger partial charge is 0.335 e. The van der Waals surface area contributed by atoms with Crippen LogP contribution in [0.1, 0.15) is 43.2 Å². The number of rotatable bonds is 7. The van der Waals surface area contributed by atoms with Crippen molar-refractivity contribution in [2.75, 3.05) is 0 Å². The Morgan fingerprint density at radius 1 is 0.974 bits per heavy atom. The summed E-state index contributed by atoms with van der Waals surface area (Å²) in [4.78, 5) is 51.0. The monoisotopic (exact) mass is 516 g/mol. The number of hydrogen-bond acceptors (Lipinski definition) is 11. The molecule has 0 amide bonds. The van der Waals surface area contributed by atoms with Crippen LogP contribution in [-0.4, -0.2) is 52.5 Å². The Hall–Kier alpha value is -6.34. The van der Waals surface area contributed by atoms with Gasteiger partial charge in [0.1, 0.15) is 30.3 Å². The first-order chi connectivity index (χ1) is 17.9. The third-order valence-electron chi connectivity index (χ3n) is 5.04. The van der Waals surface area contributed by atoms with Crippen molar-refractivity contribution in [3.8, 4) is 29.8 Å². The van der Waals surface area contributed by atoms with Gasteiger partial charge in [-0.1, -0.05) is 0 Å². The van der Waals surface area contributed by atoms with Gasteiger partial charge in [-0.2, -0.15) is 20.8 Å². The highest BCUT2D eigenvalue weighted by Crippen LogP contribution is 2.34. The Balaban J connectivity index is 2.34. The van der Waals surface area contributed by atoms with Crippen LogP contribution in [0.15, 0.2) is 33.2 Å². The quantitative estimate of drug-likeness (QED) is 0.326. The minimum Gasteiger partial charge on any atom is -0.493 e. The lowest BCUT2D eigenvalue weighted by molar-refractivity contribution is -0.137. The van der Waals surface area contributed by atoms with Crippen molar-refractivity contribution < 1.29 is 34.8 Å². The highest BCUT2D eigenvalue weighted by Gasteiger charge is 2.24. The van der Waals surface area contributed by atoms with Crippen molar-refractivity contribution >= 4 is 29.5 Å². The average Bonchev–Trinajstić information content (AvgIpc) is 3.19. The number of hydrogen-bond donors (Lipinski definition) is 4. The summed E-state index contributed by atoms with van der Waals surface area (Å²) in [5.74, 6) is -6.00.